The Morgan fingerprint density at radius 1 is 1.08 bits per heavy atom. The van der Waals surface area contributed by atoms with Crippen molar-refractivity contribution in [2.75, 3.05) is 13.2 Å². The second-order valence-electron chi connectivity index (χ2n) is 5.79. The molecule has 1 heterocycles. The van der Waals surface area contributed by atoms with Crippen LogP contribution in [0.25, 0.3) is 0 Å². The quantitative estimate of drug-likeness (QED) is 0.843. The fraction of sp³-hybridized carbons (Fsp3) is 0.316. The SMILES string of the molecule is O=C(N[C@@H](Cc1ccc(O)cc1)C1OCCO1)OCc1ccccc1. The zero-order chi connectivity index (χ0) is 17.5. The van der Waals surface area contributed by atoms with Gasteiger partial charge in [-0.2, -0.15) is 0 Å². The van der Waals surface area contributed by atoms with E-state index in [1.807, 2.05) is 30.3 Å². The number of aromatic hydroxyl groups is 1. The molecule has 0 bridgehead atoms. The predicted octanol–water partition coefficient (Wildman–Crippen LogP) is 2.60. The van der Waals surface area contributed by atoms with E-state index in [2.05, 4.69) is 5.32 Å². The van der Waals surface area contributed by atoms with E-state index in [1.54, 1.807) is 24.3 Å². The van der Waals surface area contributed by atoms with Crippen molar-refractivity contribution in [3.63, 3.8) is 0 Å². The standard InChI is InChI=1S/C19H21NO5/c21-16-8-6-14(7-9-16)12-17(18-23-10-11-24-18)20-19(22)25-13-15-4-2-1-3-5-15/h1-9,17-18,21H,10-13H2,(H,20,22)/t17-/m0/s1. The number of amides is 1. The minimum Gasteiger partial charge on any atom is -0.508 e. The Labute approximate surface area is 146 Å². The van der Waals surface area contributed by atoms with Gasteiger partial charge < -0.3 is 24.6 Å². The van der Waals surface area contributed by atoms with Crippen LogP contribution in [0.1, 0.15) is 11.1 Å². The third kappa shape index (κ3) is 5.20. The average molecular weight is 343 g/mol. The van der Waals surface area contributed by atoms with Crippen LogP contribution in [0.3, 0.4) is 0 Å². The van der Waals surface area contributed by atoms with Gasteiger partial charge in [-0.3, -0.25) is 0 Å². The Hall–Kier alpha value is -2.57. The fourth-order valence-corrected chi connectivity index (χ4v) is 2.63. The molecule has 0 radical (unpaired) electrons. The molecule has 1 aliphatic heterocycles. The summed E-state index contributed by atoms with van der Waals surface area (Å²) >= 11 is 0. The first-order valence-electron chi connectivity index (χ1n) is 8.19. The molecule has 0 aromatic heterocycles. The van der Waals surface area contributed by atoms with Crippen molar-refractivity contribution < 1.29 is 24.1 Å². The van der Waals surface area contributed by atoms with E-state index in [-0.39, 0.29) is 18.4 Å². The molecule has 6 heteroatoms. The molecule has 6 nitrogen and oxygen atoms in total. The molecule has 2 N–H and O–H groups in total. The van der Waals surface area contributed by atoms with E-state index in [0.29, 0.717) is 19.6 Å². The Bertz CT molecular complexity index is 668. The number of phenolic OH excluding ortho intramolecular Hbond substituents is 1. The number of alkyl carbamates (subject to hydrolysis) is 1. The zero-order valence-electron chi connectivity index (χ0n) is 13.8. The summed E-state index contributed by atoms with van der Waals surface area (Å²) in [5.74, 6) is 0.198. The lowest BCUT2D eigenvalue weighted by Crippen LogP contribution is -2.45. The van der Waals surface area contributed by atoms with Crippen molar-refractivity contribution in [3.8, 4) is 5.75 Å². The number of nitrogens with one attached hydrogen (secondary N) is 1. The number of rotatable bonds is 6. The lowest BCUT2D eigenvalue weighted by Gasteiger charge is -2.23. The molecule has 1 saturated heterocycles. The van der Waals surface area contributed by atoms with Gasteiger partial charge in [0.2, 0.25) is 0 Å². The number of carbonyl (C=O) groups excluding carboxylic acids is 1. The second kappa shape index (κ2) is 8.50. The van der Waals surface area contributed by atoms with Crippen molar-refractivity contribution in [2.45, 2.75) is 25.4 Å². The summed E-state index contributed by atoms with van der Waals surface area (Å²) in [6, 6.07) is 15.9. The summed E-state index contributed by atoms with van der Waals surface area (Å²) in [5.41, 5.74) is 1.87. The van der Waals surface area contributed by atoms with Crippen LogP contribution in [0, 0.1) is 0 Å². The summed E-state index contributed by atoms with van der Waals surface area (Å²) in [5, 5.41) is 12.2. The van der Waals surface area contributed by atoms with Crippen molar-refractivity contribution in [2.24, 2.45) is 0 Å². The van der Waals surface area contributed by atoms with Gasteiger partial charge >= 0.3 is 6.09 Å². The molecular formula is C19H21NO5. The third-order valence-corrected chi connectivity index (χ3v) is 3.88. The molecule has 0 spiro atoms. The van der Waals surface area contributed by atoms with Gasteiger partial charge in [0.15, 0.2) is 6.29 Å². The van der Waals surface area contributed by atoms with Crippen LogP contribution >= 0.6 is 0 Å². The van der Waals surface area contributed by atoms with Gasteiger partial charge in [0.1, 0.15) is 12.4 Å². The minimum absolute atomic E-state index is 0.198. The molecule has 2 aromatic carbocycles. The van der Waals surface area contributed by atoms with Gasteiger partial charge in [0.05, 0.1) is 19.3 Å². The second-order valence-corrected chi connectivity index (χ2v) is 5.79. The monoisotopic (exact) mass is 343 g/mol. The molecule has 132 valence electrons. The highest BCUT2D eigenvalue weighted by Gasteiger charge is 2.29. The van der Waals surface area contributed by atoms with E-state index >= 15 is 0 Å². The lowest BCUT2D eigenvalue weighted by atomic mass is 10.1. The van der Waals surface area contributed by atoms with Gasteiger partial charge in [-0.05, 0) is 29.7 Å². The van der Waals surface area contributed by atoms with E-state index in [4.69, 9.17) is 14.2 Å². The minimum atomic E-state index is -0.522. The molecular weight excluding hydrogens is 322 g/mol. The fourth-order valence-electron chi connectivity index (χ4n) is 2.63. The highest BCUT2D eigenvalue weighted by molar-refractivity contribution is 5.67. The zero-order valence-corrected chi connectivity index (χ0v) is 13.8. The number of hydrogen-bond acceptors (Lipinski definition) is 5. The van der Waals surface area contributed by atoms with E-state index in [9.17, 15) is 9.90 Å². The van der Waals surface area contributed by atoms with Gasteiger partial charge in [0, 0.05) is 0 Å². The molecule has 0 aliphatic carbocycles. The van der Waals surface area contributed by atoms with Crippen LogP contribution in [-0.4, -0.2) is 36.7 Å². The Balaban J connectivity index is 1.58. The maximum atomic E-state index is 12.1. The molecule has 1 atom stereocenters. The van der Waals surface area contributed by atoms with Crippen LogP contribution in [0.15, 0.2) is 54.6 Å². The highest BCUT2D eigenvalue weighted by Crippen LogP contribution is 2.16. The smallest absolute Gasteiger partial charge is 0.407 e. The van der Waals surface area contributed by atoms with Crippen LogP contribution in [0.2, 0.25) is 0 Å². The normalized spacial score (nSPS) is 15.7. The molecule has 1 fully saturated rings. The number of phenols is 1. The summed E-state index contributed by atoms with van der Waals surface area (Å²) in [6.45, 7) is 1.19. The molecule has 1 aliphatic rings. The van der Waals surface area contributed by atoms with E-state index < -0.39 is 12.4 Å². The molecule has 3 rings (SSSR count). The molecule has 0 saturated carbocycles. The topological polar surface area (TPSA) is 77.0 Å². The van der Waals surface area contributed by atoms with Crippen LogP contribution in [0.4, 0.5) is 4.79 Å². The third-order valence-electron chi connectivity index (χ3n) is 3.88. The number of carbonyl (C=O) groups is 1. The van der Waals surface area contributed by atoms with Gasteiger partial charge in [-0.15, -0.1) is 0 Å². The first kappa shape index (κ1) is 17.3. The van der Waals surface area contributed by atoms with Crippen LogP contribution in [-0.2, 0) is 27.2 Å². The molecule has 25 heavy (non-hydrogen) atoms. The number of benzene rings is 2. The van der Waals surface area contributed by atoms with Crippen LogP contribution < -0.4 is 5.32 Å². The van der Waals surface area contributed by atoms with Crippen molar-refractivity contribution in [1.29, 1.82) is 0 Å². The maximum absolute atomic E-state index is 12.1. The molecule has 1 amide bonds. The average Bonchev–Trinajstić information content (AvgIpc) is 3.17. The van der Waals surface area contributed by atoms with Crippen molar-refractivity contribution in [1.82, 2.24) is 5.32 Å². The maximum Gasteiger partial charge on any atom is 0.407 e. The highest BCUT2D eigenvalue weighted by atomic mass is 16.7. The first-order chi connectivity index (χ1) is 12.2. The van der Waals surface area contributed by atoms with Crippen molar-refractivity contribution >= 4 is 6.09 Å². The molecule has 2 aromatic rings. The summed E-state index contributed by atoms with van der Waals surface area (Å²) < 4.78 is 16.3. The summed E-state index contributed by atoms with van der Waals surface area (Å²) in [7, 11) is 0. The Morgan fingerprint density at radius 2 is 1.76 bits per heavy atom. The van der Waals surface area contributed by atoms with E-state index in [1.165, 1.54) is 0 Å². The van der Waals surface area contributed by atoms with Gasteiger partial charge in [0.25, 0.3) is 0 Å². The summed E-state index contributed by atoms with van der Waals surface area (Å²) in [6.07, 6.45) is -0.532. The first-order valence-corrected chi connectivity index (χ1v) is 8.19. The van der Waals surface area contributed by atoms with Gasteiger partial charge in [-0.25, -0.2) is 4.79 Å². The number of hydrogen-bond donors (Lipinski definition) is 2. The Kier molecular flexibility index (Phi) is 5.87. The predicted molar refractivity (Wildman–Crippen MR) is 91.1 cm³/mol. The largest absolute Gasteiger partial charge is 0.508 e. The molecule has 0 unspecified atom stereocenters. The lowest BCUT2D eigenvalue weighted by molar-refractivity contribution is -0.0664. The van der Waals surface area contributed by atoms with Gasteiger partial charge in [-0.1, -0.05) is 42.5 Å². The van der Waals surface area contributed by atoms with Crippen LogP contribution in [0.5, 0.6) is 5.75 Å². The van der Waals surface area contributed by atoms with E-state index in [0.717, 1.165) is 11.1 Å². The Morgan fingerprint density at radius 3 is 2.44 bits per heavy atom. The van der Waals surface area contributed by atoms with Crippen molar-refractivity contribution in [3.05, 3.63) is 65.7 Å². The summed E-state index contributed by atoms with van der Waals surface area (Å²) in [4.78, 5) is 12.1. The number of ether oxygens (including phenoxy) is 3.